The first-order valence-electron chi connectivity index (χ1n) is 6.52. The number of rotatable bonds is 5. The standard InChI is InChI=1S/C15H21BrO2/c1-10-7-14(17-2)15(18-3)9-12(10)13(16)8-11-5-4-6-11/h7,9,11,13H,4-6,8H2,1-3H3. The number of benzene rings is 1. The fourth-order valence-electron chi connectivity index (χ4n) is 2.48. The Bertz CT molecular complexity index is 413. The molecule has 1 aliphatic rings. The lowest BCUT2D eigenvalue weighted by atomic mass is 9.81. The summed E-state index contributed by atoms with van der Waals surface area (Å²) in [5.74, 6) is 2.51. The summed E-state index contributed by atoms with van der Waals surface area (Å²) >= 11 is 3.83. The highest BCUT2D eigenvalue weighted by Crippen LogP contribution is 2.42. The third-order valence-corrected chi connectivity index (χ3v) is 4.74. The van der Waals surface area contributed by atoms with E-state index < -0.39 is 0 Å². The minimum Gasteiger partial charge on any atom is -0.493 e. The van der Waals surface area contributed by atoms with E-state index in [1.807, 2.05) is 0 Å². The predicted octanol–water partition coefficient (Wildman–Crippen LogP) is 4.64. The molecule has 18 heavy (non-hydrogen) atoms. The Morgan fingerprint density at radius 3 is 2.33 bits per heavy atom. The topological polar surface area (TPSA) is 18.5 Å². The van der Waals surface area contributed by atoms with Gasteiger partial charge in [-0.05, 0) is 42.5 Å². The van der Waals surface area contributed by atoms with E-state index in [4.69, 9.17) is 9.47 Å². The van der Waals surface area contributed by atoms with Crippen molar-refractivity contribution in [3.8, 4) is 11.5 Å². The number of alkyl halides is 1. The van der Waals surface area contributed by atoms with Gasteiger partial charge in [0, 0.05) is 4.83 Å². The molecule has 1 unspecified atom stereocenters. The lowest BCUT2D eigenvalue weighted by Gasteiger charge is -2.28. The lowest BCUT2D eigenvalue weighted by molar-refractivity contribution is 0.295. The fraction of sp³-hybridized carbons (Fsp3) is 0.600. The minimum absolute atomic E-state index is 0.419. The molecule has 1 aliphatic carbocycles. The summed E-state index contributed by atoms with van der Waals surface area (Å²) in [4.78, 5) is 0.419. The summed E-state index contributed by atoms with van der Waals surface area (Å²) in [6.07, 6.45) is 5.38. The zero-order chi connectivity index (χ0) is 13.1. The van der Waals surface area contributed by atoms with Crippen molar-refractivity contribution >= 4 is 15.9 Å². The first-order chi connectivity index (χ1) is 8.65. The van der Waals surface area contributed by atoms with Gasteiger partial charge in [-0.25, -0.2) is 0 Å². The van der Waals surface area contributed by atoms with Gasteiger partial charge in [0.15, 0.2) is 11.5 Å². The Labute approximate surface area is 118 Å². The molecule has 0 amide bonds. The second-order valence-corrected chi connectivity index (χ2v) is 6.17. The summed E-state index contributed by atoms with van der Waals surface area (Å²) in [7, 11) is 3.36. The van der Waals surface area contributed by atoms with E-state index >= 15 is 0 Å². The Kier molecular flexibility index (Phi) is 4.55. The van der Waals surface area contributed by atoms with Crippen LogP contribution in [0.4, 0.5) is 0 Å². The molecule has 2 nitrogen and oxygen atoms in total. The van der Waals surface area contributed by atoms with Crippen LogP contribution in [0.5, 0.6) is 11.5 Å². The van der Waals surface area contributed by atoms with E-state index in [-0.39, 0.29) is 0 Å². The Morgan fingerprint density at radius 2 is 1.83 bits per heavy atom. The van der Waals surface area contributed by atoms with Crippen LogP contribution in [0.2, 0.25) is 0 Å². The first kappa shape index (κ1) is 13.7. The number of aryl methyl sites for hydroxylation is 1. The number of hydrogen-bond acceptors (Lipinski definition) is 2. The maximum atomic E-state index is 5.38. The third-order valence-electron chi connectivity index (χ3n) is 3.87. The highest BCUT2D eigenvalue weighted by Gasteiger charge is 2.23. The van der Waals surface area contributed by atoms with Crippen LogP contribution in [0.3, 0.4) is 0 Å². The van der Waals surface area contributed by atoms with Gasteiger partial charge in [-0.2, -0.15) is 0 Å². The third kappa shape index (κ3) is 2.82. The predicted molar refractivity (Wildman–Crippen MR) is 77.9 cm³/mol. The van der Waals surface area contributed by atoms with Crippen LogP contribution in [0, 0.1) is 12.8 Å². The van der Waals surface area contributed by atoms with Gasteiger partial charge in [-0.3, -0.25) is 0 Å². The molecule has 0 radical (unpaired) electrons. The van der Waals surface area contributed by atoms with Crippen molar-refractivity contribution in [1.29, 1.82) is 0 Å². The van der Waals surface area contributed by atoms with E-state index in [0.717, 1.165) is 17.4 Å². The van der Waals surface area contributed by atoms with E-state index in [1.165, 1.54) is 36.8 Å². The first-order valence-corrected chi connectivity index (χ1v) is 7.44. The molecule has 1 fully saturated rings. The van der Waals surface area contributed by atoms with Crippen LogP contribution >= 0.6 is 15.9 Å². The molecule has 0 aromatic heterocycles. The molecular weight excluding hydrogens is 292 g/mol. The summed E-state index contributed by atoms with van der Waals surface area (Å²) < 4.78 is 10.7. The van der Waals surface area contributed by atoms with E-state index in [0.29, 0.717) is 4.83 Å². The van der Waals surface area contributed by atoms with Crippen LogP contribution in [0.15, 0.2) is 12.1 Å². The van der Waals surface area contributed by atoms with E-state index in [2.05, 4.69) is 35.0 Å². The molecule has 0 bridgehead atoms. The molecule has 1 aromatic carbocycles. The maximum absolute atomic E-state index is 5.38. The normalized spacial score (nSPS) is 17.1. The molecule has 0 saturated heterocycles. The van der Waals surface area contributed by atoms with Crippen molar-refractivity contribution in [3.05, 3.63) is 23.3 Å². The zero-order valence-electron chi connectivity index (χ0n) is 11.3. The Hall–Kier alpha value is -0.700. The summed E-state index contributed by atoms with van der Waals surface area (Å²) in [5.41, 5.74) is 2.58. The lowest BCUT2D eigenvalue weighted by Crippen LogP contribution is -2.13. The van der Waals surface area contributed by atoms with Gasteiger partial charge >= 0.3 is 0 Å². The maximum Gasteiger partial charge on any atom is 0.161 e. The average molecular weight is 313 g/mol. The van der Waals surface area contributed by atoms with Crippen molar-refractivity contribution in [2.75, 3.05) is 14.2 Å². The van der Waals surface area contributed by atoms with Gasteiger partial charge in [0.25, 0.3) is 0 Å². The molecule has 0 spiro atoms. The molecule has 1 saturated carbocycles. The molecule has 100 valence electrons. The highest BCUT2D eigenvalue weighted by molar-refractivity contribution is 9.09. The van der Waals surface area contributed by atoms with Gasteiger partial charge in [0.2, 0.25) is 0 Å². The number of halogens is 1. The molecule has 0 N–H and O–H groups in total. The van der Waals surface area contributed by atoms with Gasteiger partial charge < -0.3 is 9.47 Å². The quantitative estimate of drug-likeness (QED) is 0.737. The molecule has 1 aromatic rings. The van der Waals surface area contributed by atoms with Crippen molar-refractivity contribution in [1.82, 2.24) is 0 Å². The molecule has 0 aliphatic heterocycles. The average Bonchev–Trinajstić information content (AvgIpc) is 2.33. The van der Waals surface area contributed by atoms with Gasteiger partial charge in [-0.1, -0.05) is 35.2 Å². The van der Waals surface area contributed by atoms with Crippen LogP contribution in [0.1, 0.15) is 41.6 Å². The summed E-state index contributed by atoms with van der Waals surface area (Å²) in [6, 6.07) is 4.16. The van der Waals surface area contributed by atoms with Crippen molar-refractivity contribution in [2.45, 2.75) is 37.4 Å². The largest absolute Gasteiger partial charge is 0.493 e. The summed E-state index contributed by atoms with van der Waals surface area (Å²) in [6.45, 7) is 2.13. The van der Waals surface area contributed by atoms with Crippen LogP contribution in [-0.2, 0) is 0 Å². The SMILES string of the molecule is COc1cc(C)c(C(Br)CC2CCC2)cc1OC. The number of methoxy groups -OCH3 is 2. The Balaban J connectivity index is 2.20. The molecule has 0 heterocycles. The van der Waals surface area contributed by atoms with Gasteiger partial charge in [-0.15, -0.1) is 0 Å². The zero-order valence-corrected chi connectivity index (χ0v) is 12.9. The van der Waals surface area contributed by atoms with Crippen LogP contribution in [0.25, 0.3) is 0 Å². The van der Waals surface area contributed by atoms with Crippen molar-refractivity contribution in [3.63, 3.8) is 0 Å². The van der Waals surface area contributed by atoms with E-state index in [1.54, 1.807) is 14.2 Å². The smallest absolute Gasteiger partial charge is 0.161 e. The molecule has 2 rings (SSSR count). The van der Waals surface area contributed by atoms with Crippen LogP contribution < -0.4 is 9.47 Å². The number of ether oxygens (including phenoxy) is 2. The van der Waals surface area contributed by atoms with Gasteiger partial charge in [0.1, 0.15) is 0 Å². The highest BCUT2D eigenvalue weighted by atomic mass is 79.9. The van der Waals surface area contributed by atoms with Crippen molar-refractivity contribution < 1.29 is 9.47 Å². The summed E-state index contributed by atoms with van der Waals surface area (Å²) in [5, 5.41) is 0. The molecule has 1 atom stereocenters. The fourth-order valence-corrected chi connectivity index (χ4v) is 3.50. The van der Waals surface area contributed by atoms with Crippen LogP contribution in [-0.4, -0.2) is 14.2 Å². The monoisotopic (exact) mass is 312 g/mol. The van der Waals surface area contributed by atoms with Crippen molar-refractivity contribution in [2.24, 2.45) is 5.92 Å². The molecular formula is C15H21BrO2. The molecule has 3 heteroatoms. The Morgan fingerprint density at radius 1 is 1.22 bits per heavy atom. The second kappa shape index (κ2) is 5.96. The second-order valence-electron chi connectivity index (χ2n) is 5.06. The van der Waals surface area contributed by atoms with E-state index in [9.17, 15) is 0 Å². The number of hydrogen-bond donors (Lipinski definition) is 0. The minimum atomic E-state index is 0.419. The van der Waals surface area contributed by atoms with Gasteiger partial charge in [0.05, 0.1) is 14.2 Å².